The molecule has 1 heterocycles. The van der Waals surface area contributed by atoms with Gasteiger partial charge < -0.3 is 10.3 Å². The Bertz CT molecular complexity index is 587. The Morgan fingerprint density at radius 1 is 1.22 bits per heavy atom. The third kappa shape index (κ3) is 2.22. The number of anilines is 1. The Hall–Kier alpha value is -1.86. The van der Waals surface area contributed by atoms with E-state index in [4.69, 9.17) is 5.73 Å². The molecule has 0 saturated carbocycles. The van der Waals surface area contributed by atoms with E-state index in [1.165, 1.54) is 0 Å². The van der Waals surface area contributed by atoms with Crippen LogP contribution in [0.5, 0.6) is 0 Å². The number of alkyl halides is 3. The third-order valence-electron chi connectivity index (χ3n) is 2.45. The number of hydrogen-bond acceptors (Lipinski definition) is 2. The van der Waals surface area contributed by atoms with Crippen LogP contribution in [-0.2, 0) is 6.54 Å². The van der Waals surface area contributed by atoms with Crippen LogP contribution in [0.2, 0.25) is 0 Å². The van der Waals surface area contributed by atoms with E-state index in [1.54, 1.807) is 0 Å². The fourth-order valence-electron chi connectivity index (χ4n) is 1.64. The van der Waals surface area contributed by atoms with E-state index < -0.39 is 30.8 Å². The molecule has 3 nitrogen and oxygen atoms in total. The molecule has 0 amide bonds. The van der Waals surface area contributed by atoms with Crippen molar-refractivity contribution in [2.75, 3.05) is 5.73 Å². The lowest BCUT2D eigenvalue weighted by Crippen LogP contribution is -2.14. The first-order valence-electron chi connectivity index (χ1n) is 4.96. The van der Waals surface area contributed by atoms with Gasteiger partial charge in [-0.3, -0.25) is 0 Å². The Morgan fingerprint density at radius 2 is 1.89 bits per heavy atom. The number of hydrogen-bond donors (Lipinski definition) is 1. The zero-order chi connectivity index (χ0) is 13.5. The number of aryl methyl sites for hydroxylation is 1. The molecule has 2 N–H and O–H groups in total. The molecule has 0 radical (unpaired) electrons. The number of benzene rings is 1. The number of halogens is 5. The van der Waals surface area contributed by atoms with E-state index in [0.717, 1.165) is 16.7 Å². The summed E-state index contributed by atoms with van der Waals surface area (Å²) in [4.78, 5) is 3.68. The molecule has 0 saturated heterocycles. The van der Waals surface area contributed by atoms with E-state index in [0.29, 0.717) is 0 Å². The summed E-state index contributed by atoms with van der Waals surface area (Å²) in [6.45, 7) is -0.605. The molecule has 1 aromatic carbocycles. The van der Waals surface area contributed by atoms with E-state index >= 15 is 0 Å². The molecular weight excluding hydrogens is 257 g/mol. The zero-order valence-electron chi connectivity index (χ0n) is 8.93. The molecule has 18 heavy (non-hydrogen) atoms. The van der Waals surface area contributed by atoms with Gasteiger partial charge in [0, 0.05) is 6.54 Å². The highest BCUT2D eigenvalue weighted by molar-refractivity contribution is 5.79. The molecular formula is C10H8F5N3. The van der Waals surface area contributed by atoms with Crippen molar-refractivity contribution >= 4 is 17.0 Å². The maximum Gasteiger partial charge on any atom is 0.390 e. The first kappa shape index (κ1) is 12.6. The first-order chi connectivity index (χ1) is 8.29. The first-order valence-corrected chi connectivity index (χ1v) is 4.96. The van der Waals surface area contributed by atoms with E-state index in [-0.39, 0.29) is 17.0 Å². The topological polar surface area (TPSA) is 43.8 Å². The maximum absolute atomic E-state index is 13.5. The average Bonchev–Trinajstić information content (AvgIpc) is 2.57. The minimum Gasteiger partial charge on any atom is -0.369 e. The molecule has 98 valence electrons. The molecule has 0 unspecified atom stereocenters. The molecule has 0 bridgehead atoms. The number of nitrogen functional groups attached to an aromatic ring is 1. The van der Waals surface area contributed by atoms with E-state index in [1.807, 2.05) is 0 Å². The van der Waals surface area contributed by atoms with Crippen LogP contribution in [-0.4, -0.2) is 15.7 Å². The molecule has 0 aliphatic carbocycles. The monoisotopic (exact) mass is 265 g/mol. The number of rotatable bonds is 2. The van der Waals surface area contributed by atoms with Gasteiger partial charge in [-0.05, 0) is 12.1 Å². The van der Waals surface area contributed by atoms with Crippen molar-refractivity contribution in [1.82, 2.24) is 9.55 Å². The number of fused-ring (bicyclic) bond motifs is 1. The minimum atomic E-state index is -4.41. The summed E-state index contributed by atoms with van der Waals surface area (Å²) in [5, 5.41) is 0. The highest BCUT2D eigenvalue weighted by Crippen LogP contribution is 2.26. The number of aromatic nitrogens is 2. The van der Waals surface area contributed by atoms with Crippen LogP contribution in [0.15, 0.2) is 12.1 Å². The molecule has 1 aromatic heterocycles. The SMILES string of the molecule is Nc1nc2ccc(F)c(F)c2n1CCC(F)(F)F. The predicted molar refractivity (Wildman–Crippen MR) is 54.7 cm³/mol. The maximum atomic E-state index is 13.5. The van der Waals surface area contributed by atoms with Gasteiger partial charge in [0.1, 0.15) is 5.52 Å². The van der Waals surface area contributed by atoms with Crippen LogP contribution >= 0.6 is 0 Å². The average molecular weight is 265 g/mol. The van der Waals surface area contributed by atoms with Gasteiger partial charge in [0.2, 0.25) is 5.95 Å². The molecule has 2 rings (SSSR count). The predicted octanol–water partition coefficient (Wildman–Crippen LogP) is 2.85. The standard InChI is InChI=1S/C10H8F5N3/c11-5-1-2-6-8(7(5)12)18(9(16)17-6)4-3-10(13,14)15/h1-2H,3-4H2,(H2,16,17). The third-order valence-corrected chi connectivity index (χ3v) is 2.45. The molecule has 0 atom stereocenters. The van der Waals surface area contributed by atoms with Crippen LogP contribution in [0.4, 0.5) is 27.9 Å². The number of nitrogens with two attached hydrogens (primary N) is 1. The Labute approximate surface area is 98.0 Å². The summed E-state index contributed by atoms with van der Waals surface area (Å²) in [7, 11) is 0. The summed E-state index contributed by atoms with van der Waals surface area (Å²) < 4.78 is 63.7. The van der Waals surface area contributed by atoms with Crippen LogP contribution < -0.4 is 5.73 Å². The fraction of sp³-hybridized carbons (Fsp3) is 0.300. The lowest BCUT2D eigenvalue weighted by Gasteiger charge is -2.09. The summed E-state index contributed by atoms with van der Waals surface area (Å²) in [5.41, 5.74) is 5.07. The van der Waals surface area contributed by atoms with Crippen molar-refractivity contribution < 1.29 is 22.0 Å². The normalized spacial score (nSPS) is 12.3. The summed E-state index contributed by atoms with van der Waals surface area (Å²) in [5.74, 6) is -2.69. The lowest BCUT2D eigenvalue weighted by atomic mass is 10.3. The zero-order valence-corrected chi connectivity index (χ0v) is 8.93. The Balaban J connectivity index is 2.49. The van der Waals surface area contributed by atoms with Crippen molar-refractivity contribution in [3.05, 3.63) is 23.8 Å². The van der Waals surface area contributed by atoms with Gasteiger partial charge in [-0.15, -0.1) is 0 Å². The van der Waals surface area contributed by atoms with Crippen LogP contribution in [0.1, 0.15) is 6.42 Å². The van der Waals surface area contributed by atoms with Crippen molar-refractivity contribution in [2.24, 2.45) is 0 Å². The van der Waals surface area contributed by atoms with Crippen LogP contribution in [0.3, 0.4) is 0 Å². The summed E-state index contributed by atoms with van der Waals surface area (Å²) in [6.07, 6.45) is -5.61. The van der Waals surface area contributed by atoms with Gasteiger partial charge in [0.15, 0.2) is 11.6 Å². The number of imidazole rings is 1. The van der Waals surface area contributed by atoms with Gasteiger partial charge in [0.25, 0.3) is 0 Å². The second-order valence-corrected chi connectivity index (χ2v) is 3.72. The van der Waals surface area contributed by atoms with Gasteiger partial charge >= 0.3 is 6.18 Å². The Morgan fingerprint density at radius 3 is 2.50 bits per heavy atom. The summed E-state index contributed by atoms with van der Waals surface area (Å²) >= 11 is 0. The van der Waals surface area contributed by atoms with Crippen LogP contribution in [0, 0.1) is 11.6 Å². The van der Waals surface area contributed by atoms with Gasteiger partial charge in [0.05, 0.1) is 11.9 Å². The van der Waals surface area contributed by atoms with Gasteiger partial charge in [-0.2, -0.15) is 13.2 Å². The second-order valence-electron chi connectivity index (χ2n) is 3.72. The second kappa shape index (κ2) is 4.11. The Kier molecular flexibility index (Phi) is 2.88. The van der Waals surface area contributed by atoms with E-state index in [9.17, 15) is 22.0 Å². The highest BCUT2D eigenvalue weighted by atomic mass is 19.4. The van der Waals surface area contributed by atoms with E-state index in [2.05, 4.69) is 4.98 Å². The van der Waals surface area contributed by atoms with Crippen molar-refractivity contribution in [1.29, 1.82) is 0 Å². The smallest absolute Gasteiger partial charge is 0.369 e. The lowest BCUT2D eigenvalue weighted by molar-refractivity contribution is -0.136. The molecule has 8 heteroatoms. The van der Waals surface area contributed by atoms with Crippen molar-refractivity contribution in [3.63, 3.8) is 0 Å². The molecule has 0 aliphatic heterocycles. The minimum absolute atomic E-state index is 0.0218. The highest BCUT2D eigenvalue weighted by Gasteiger charge is 2.28. The molecule has 2 aromatic rings. The quantitative estimate of drug-likeness (QED) is 0.848. The molecule has 0 aliphatic rings. The molecule has 0 spiro atoms. The van der Waals surface area contributed by atoms with Gasteiger partial charge in [-0.25, -0.2) is 13.8 Å². The van der Waals surface area contributed by atoms with Gasteiger partial charge in [-0.1, -0.05) is 0 Å². The van der Waals surface area contributed by atoms with Crippen LogP contribution in [0.25, 0.3) is 11.0 Å². The molecule has 0 fully saturated rings. The van der Waals surface area contributed by atoms with Crippen molar-refractivity contribution in [3.8, 4) is 0 Å². The number of nitrogens with zero attached hydrogens (tertiary/aromatic N) is 2. The fourth-order valence-corrected chi connectivity index (χ4v) is 1.64. The largest absolute Gasteiger partial charge is 0.390 e. The van der Waals surface area contributed by atoms with Crippen molar-refractivity contribution in [2.45, 2.75) is 19.1 Å². The summed E-state index contributed by atoms with van der Waals surface area (Å²) in [6, 6.07) is 2.01.